The quantitative estimate of drug-likeness (QED) is 0.356. The second-order valence-electron chi connectivity index (χ2n) is 3.59. The molecule has 0 spiro atoms. The number of allylic oxidation sites excluding steroid dienone is 1. The zero-order valence-electron chi connectivity index (χ0n) is 11.3. The zero-order valence-corrected chi connectivity index (χ0v) is 12.1. The highest BCUT2D eigenvalue weighted by atomic mass is 32.1. The van der Waals surface area contributed by atoms with Crippen LogP contribution in [0.4, 0.5) is 5.13 Å². The van der Waals surface area contributed by atoms with Crippen molar-refractivity contribution < 1.29 is 4.79 Å². The van der Waals surface area contributed by atoms with Gasteiger partial charge in [0.25, 0.3) is 0 Å². The van der Waals surface area contributed by atoms with E-state index in [0.717, 1.165) is 6.54 Å². The van der Waals surface area contributed by atoms with Crippen LogP contribution in [0.25, 0.3) is 0 Å². The number of azo groups is 1. The molecule has 0 bridgehead atoms. The number of carbonyl (C=O) groups is 1. The van der Waals surface area contributed by atoms with E-state index < -0.39 is 0 Å². The lowest BCUT2D eigenvalue weighted by Crippen LogP contribution is -2.42. The number of rotatable bonds is 7. The smallest absolute Gasteiger partial charge is 0.229 e. The van der Waals surface area contributed by atoms with Crippen molar-refractivity contribution in [2.24, 2.45) is 16.0 Å². The van der Waals surface area contributed by atoms with E-state index in [1.54, 1.807) is 16.6 Å². The molecule has 0 atom stereocenters. The third kappa shape index (κ3) is 4.11. The first-order chi connectivity index (χ1) is 9.13. The topological polar surface area (TPSA) is 87.2 Å². The Kier molecular flexibility index (Phi) is 6.10. The van der Waals surface area contributed by atoms with Gasteiger partial charge in [0.1, 0.15) is 5.82 Å². The summed E-state index contributed by atoms with van der Waals surface area (Å²) in [5, 5.41) is 13.7. The van der Waals surface area contributed by atoms with Gasteiger partial charge in [0, 0.05) is 31.7 Å². The Morgan fingerprint density at radius 3 is 2.74 bits per heavy atom. The number of hydrogen-bond donors (Lipinski definition) is 1. The van der Waals surface area contributed by atoms with Crippen molar-refractivity contribution in [2.75, 3.05) is 20.1 Å². The predicted octanol–water partition coefficient (Wildman–Crippen LogP) is 1.74. The molecule has 104 valence electrons. The van der Waals surface area contributed by atoms with Gasteiger partial charge < -0.3 is 5.73 Å². The second-order valence-corrected chi connectivity index (χ2v) is 4.47. The Balaban J connectivity index is 2.97. The molecule has 0 radical (unpaired) electrons. The van der Waals surface area contributed by atoms with Crippen molar-refractivity contribution in [1.29, 1.82) is 0 Å². The van der Waals surface area contributed by atoms with Gasteiger partial charge in [-0.15, -0.1) is 21.6 Å². The standard InChI is InChI=1S/C11H18N6OS/c1-4-16(3)17(5-2)10(12)9(8-18)14-15-11-13-6-7-19-11/h6-8H,4-5,12H2,1-3H3/b10-9+,15-14+. The molecule has 0 aliphatic carbocycles. The monoisotopic (exact) mass is 282 g/mol. The molecule has 7 nitrogen and oxygen atoms in total. The van der Waals surface area contributed by atoms with Gasteiger partial charge in [-0.05, 0) is 6.92 Å². The van der Waals surface area contributed by atoms with Crippen molar-refractivity contribution in [1.82, 2.24) is 15.0 Å². The molecule has 0 aliphatic heterocycles. The molecule has 0 saturated carbocycles. The number of nitrogens with two attached hydrogens (primary N) is 1. The van der Waals surface area contributed by atoms with E-state index in [1.165, 1.54) is 11.3 Å². The van der Waals surface area contributed by atoms with E-state index >= 15 is 0 Å². The highest BCUT2D eigenvalue weighted by Crippen LogP contribution is 2.17. The maximum Gasteiger partial charge on any atom is 0.229 e. The van der Waals surface area contributed by atoms with Crippen molar-refractivity contribution in [3.8, 4) is 0 Å². The summed E-state index contributed by atoms with van der Waals surface area (Å²) in [6.07, 6.45) is 2.22. The third-order valence-corrected chi connectivity index (χ3v) is 3.14. The van der Waals surface area contributed by atoms with Crippen molar-refractivity contribution in [3.63, 3.8) is 0 Å². The fourth-order valence-corrected chi connectivity index (χ4v) is 1.85. The molecule has 1 aromatic heterocycles. The molecule has 0 unspecified atom stereocenters. The minimum absolute atomic E-state index is 0.0948. The van der Waals surface area contributed by atoms with Crippen LogP contribution in [0.5, 0.6) is 0 Å². The van der Waals surface area contributed by atoms with Gasteiger partial charge in [-0.25, -0.2) is 9.99 Å². The summed E-state index contributed by atoms with van der Waals surface area (Å²) < 4.78 is 0. The van der Waals surface area contributed by atoms with Crippen LogP contribution in [0.2, 0.25) is 0 Å². The lowest BCUT2D eigenvalue weighted by Gasteiger charge is -2.32. The first-order valence-electron chi connectivity index (χ1n) is 5.88. The van der Waals surface area contributed by atoms with Gasteiger partial charge in [0.15, 0.2) is 12.0 Å². The average Bonchev–Trinajstić information content (AvgIpc) is 2.93. The maximum absolute atomic E-state index is 11.1. The molecule has 2 N–H and O–H groups in total. The highest BCUT2D eigenvalue weighted by Gasteiger charge is 2.13. The summed E-state index contributed by atoms with van der Waals surface area (Å²) in [5.41, 5.74) is 6.06. The number of carbonyl (C=O) groups excluding carboxylic acids is 1. The molecular weight excluding hydrogens is 264 g/mol. The summed E-state index contributed by atoms with van der Waals surface area (Å²) in [6.45, 7) is 5.34. The number of aldehydes is 1. The summed E-state index contributed by atoms with van der Waals surface area (Å²) >= 11 is 1.34. The van der Waals surface area contributed by atoms with E-state index in [-0.39, 0.29) is 11.5 Å². The number of thiazole rings is 1. The summed E-state index contributed by atoms with van der Waals surface area (Å²) in [4.78, 5) is 15.0. The zero-order chi connectivity index (χ0) is 14.3. The third-order valence-electron chi connectivity index (χ3n) is 2.48. The Bertz CT molecular complexity index is 456. The van der Waals surface area contributed by atoms with Crippen LogP contribution in [0.1, 0.15) is 13.8 Å². The molecule has 1 heterocycles. The van der Waals surface area contributed by atoms with Crippen LogP contribution in [-0.4, -0.2) is 41.4 Å². The first-order valence-corrected chi connectivity index (χ1v) is 6.76. The molecular formula is C11H18N6OS. The maximum atomic E-state index is 11.1. The van der Waals surface area contributed by atoms with Crippen LogP contribution in [0.15, 0.2) is 33.3 Å². The van der Waals surface area contributed by atoms with Gasteiger partial charge in [-0.3, -0.25) is 9.80 Å². The van der Waals surface area contributed by atoms with Gasteiger partial charge in [0.05, 0.1) is 0 Å². The van der Waals surface area contributed by atoms with E-state index in [1.807, 2.05) is 25.9 Å². The lowest BCUT2D eigenvalue weighted by molar-refractivity contribution is -0.105. The molecule has 0 saturated heterocycles. The lowest BCUT2D eigenvalue weighted by atomic mass is 10.4. The van der Waals surface area contributed by atoms with Crippen LogP contribution >= 0.6 is 11.3 Å². The molecule has 1 aromatic rings. The molecule has 1 rings (SSSR count). The Labute approximate surface area is 116 Å². The van der Waals surface area contributed by atoms with Crippen LogP contribution in [0, 0.1) is 0 Å². The van der Waals surface area contributed by atoms with E-state index in [2.05, 4.69) is 15.2 Å². The minimum atomic E-state index is 0.0948. The Morgan fingerprint density at radius 1 is 1.53 bits per heavy atom. The molecule has 0 aliphatic rings. The summed E-state index contributed by atoms with van der Waals surface area (Å²) in [7, 11) is 1.89. The molecule has 19 heavy (non-hydrogen) atoms. The largest absolute Gasteiger partial charge is 0.382 e. The van der Waals surface area contributed by atoms with Gasteiger partial charge >= 0.3 is 0 Å². The van der Waals surface area contributed by atoms with E-state index in [0.29, 0.717) is 18.0 Å². The second kappa shape index (κ2) is 7.59. The fourth-order valence-electron chi connectivity index (χ4n) is 1.40. The normalized spacial score (nSPS) is 12.8. The Morgan fingerprint density at radius 2 is 2.26 bits per heavy atom. The first kappa shape index (κ1) is 15.3. The van der Waals surface area contributed by atoms with E-state index in [4.69, 9.17) is 5.73 Å². The summed E-state index contributed by atoms with van der Waals surface area (Å²) in [6, 6.07) is 0. The molecule has 0 fully saturated rings. The number of hydrazine groups is 1. The van der Waals surface area contributed by atoms with Crippen molar-refractivity contribution in [2.45, 2.75) is 13.8 Å². The van der Waals surface area contributed by atoms with Gasteiger partial charge in [-0.1, -0.05) is 6.92 Å². The summed E-state index contributed by atoms with van der Waals surface area (Å²) in [5.74, 6) is 0.280. The van der Waals surface area contributed by atoms with Crippen molar-refractivity contribution >= 4 is 22.8 Å². The Hall–Kier alpha value is -1.80. The van der Waals surface area contributed by atoms with Crippen molar-refractivity contribution in [3.05, 3.63) is 23.1 Å². The minimum Gasteiger partial charge on any atom is -0.382 e. The molecule has 0 amide bonds. The predicted molar refractivity (Wildman–Crippen MR) is 74.6 cm³/mol. The van der Waals surface area contributed by atoms with E-state index in [9.17, 15) is 4.79 Å². The SMILES string of the molecule is CCN(C)N(CC)/C(N)=C(C=O)/N=N/c1nccs1. The average molecular weight is 282 g/mol. The molecule has 0 aromatic carbocycles. The van der Waals surface area contributed by atoms with Gasteiger partial charge in [-0.2, -0.15) is 0 Å². The fraction of sp³-hybridized carbons (Fsp3) is 0.455. The van der Waals surface area contributed by atoms with Crippen LogP contribution in [0.3, 0.4) is 0 Å². The highest BCUT2D eigenvalue weighted by molar-refractivity contribution is 7.13. The van der Waals surface area contributed by atoms with Gasteiger partial charge in [0.2, 0.25) is 5.13 Å². The van der Waals surface area contributed by atoms with Crippen LogP contribution in [-0.2, 0) is 4.79 Å². The number of hydrogen-bond acceptors (Lipinski definition) is 8. The van der Waals surface area contributed by atoms with Crippen LogP contribution < -0.4 is 5.73 Å². The molecule has 8 heteroatoms. The number of nitrogens with zero attached hydrogens (tertiary/aromatic N) is 5. The number of aromatic nitrogens is 1.